The van der Waals surface area contributed by atoms with Crippen molar-refractivity contribution < 1.29 is 0 Å². The van der Waals surface area contributed by atoms with Crippen molar-refractivity contribution in [2.75, 3.05) is 4.90 Å². The molecule has 1 N–H and O–H groups in total. The van der Waals surface area contributed by atoms with E-state index < -0.39 is 0 Å². The highest BCUT2D eigenvalue weighted by Crippen LogP contribution is 2.26. The number of hydrogen-bond donors (Lipinski definition) is 1. The second-order valence-corrected chi connectivity index (χ2v) is 4.67. The molecule has 0 unspecified atom stereocenters. The van der Waals surface area contributed by atoms with E-state index in [-0.39, 0.29) is 0 Å². The third-order valence-electron chi connectivity index (χ3n) is 3.17. The highest BCUT2D eigenvalue weighted by molar-refractivity contribution is 5.60. The maximum Gasteiger partial charge on any atom is 0.151 e. The van der Waals surface area contributed by atoms with Crippen molar-refractivity contribution in [1.29, 1.82) is 0 Å². The van der Waals surface area contributed by atoms with Gasteiger partial charge in [0.1, 0.15) is 0 Å². The van der Waals surface area contributed by atoms with Crippen LogP contribution in [-0.2, 0) is 6.54 Å². The van der Waals surface area contributed by atoms with Gasteiger partial charge in [-0.1, -0.05) is 42.5 Å². The summed E-state index contributed by atoms with van der Waals surface area (Å²) < 4.78 is 0. The lowest BCUT2D eigenvalue weighted by Gasteiger charge is -2.23. The van der Waals surface area contributed by atoms with Crippen LogP contribution < -0.4 is 4.90 Å². The molecule has 2 aromatic carbocycles. The minimum atomic E-state index is 0.773. The topological polar surface area (TPSA) is 31.9 Å². The molecule has 3 nitrogen and oxygen atoms in total. The zero-order chi connectivity index (χ0) is 13.8. The molecule has 0 aliphatic carbocycles. The SMILES string of the molecule is [CH2]c1cccc(N(Cc2ccccc2)c2c[nH]cn2)c1. The second kappa shape index (κ2) is 5.61. The van der Waals surface area contributed by atoms with Gasteiger partial charge in [-0.25, -0.2) is 4.98 Å². The van der Waals surface area contributed by atoms with Gasteiger partial charge < -0.3 is 9.88 Å². The molecule has 1 radical (unpaired) electrons. The smallest absolute Gasteiger partial charge is 0.151 e. The van der Waals surface area contributed by atoms with E-state index in [0.717, 1.165) is 23.6 Å². The molecule has 20 heavy (non-hydrogen) atoms. The van der Waals surface area contributed by atoms with E-state index >= 15 is 0 Å². The summed E-state index contributed by atoms with van der Waals surface area (Å²) in [7, 11) is 0. The van der Waals surface area contributed by atoms with Gasteiger partial charge in [-0.3, -0.25) is 0 Å². The van der Waals surface area contributed by atoms with Gasteiger partial charge in [-0.15, -0.1) is 0 Å². The van der Waals surface area contributed by atoms with E-state index in [4.69, 9.17) is 0 Å². The van der Waals surface area contributed by atoms with Crippen molar-refractivity contribution >= 4 is 11.5 Å². The van der Waals surface area contributed by atoms with Crippen molar-refractivity contribution in [2.45, 2.75) is 6.54 Å². The maximum atomic E-state index is 4.37. The van der Waals surface area contributed by atoms with E-state index in [0.29, 0.717) is 0 Å². The highest BCUT2D eigenvalue weighted by Gasteiger charge is 2.11. The molecule has 0 saturated heterocycles. The third-order valence-corrected chi connectivity index (χ3v) is 3.17. The van der Waals surface area contributed by atoms with Gasteiger partial charge in [-0.2, -0.15) is 0 Å². The van der Waals surface area contributed by atoms with E-state index in [1.54, 1.807) is 6.33 Å². The molecule has 1 aromatic heterocycles. The zero-order valence-electron chi connectivity index (χ0n) is 11.2. The molecule has 99 valence electrons. The third kappa shape index (κ3) is 2.72. The van der Waals surface area contributed by atoms with Crippen LogP contribution in [0.1, 0.15) is 11.1 Å². The quantitative estimate of drug-likeness (QED) is 0.772. The van der Waals surface area contributed by atoms with Crippen molar-refractivity contribution in [3.63, 3.8) is 0 Å². The Bertz CT molecular complexity index is 660. The summed E-state index contributed by atoms with van der Waals surface area (Å²) in [6, 6.07) is 18.5. The number of aromatic amines is 1. The molecule has 0 saturated carbocycles. The van der Waals surface area contributed by atoms with E-state index in [9.17, 15) is 0 Å². The van der Waals surface area contributed by atoms with Crippen LogP contribution in [0.15, 0.2) is 67.1 Å². The van der Waals surface area contributed by atoms with Crippen molar-refractivity contribution in [3.05, 3.63) is 85.2 Å². The molecule has 0 aliphatic heterocycles. The molecule has 0 spiro atoms. The number of H-pyrrole nitrogens is 1. The Morgan fingerprint density at radius 1 is 1.05 bits per heavy atom. The van der Waals surface area contributed by atoms with Crippen LogP contribution in [0, 0.1) is 6.92 Å². The average molecular weight is 262 g/mol. The van der Waals surface area contributed by atoms with Gasteiger partial charge >= 0.3 is 0 Å². The number of hydrogen-bond acceptors (Lipinski definition) is 2. The van der Waals surface area contributed by atoms with Crippen molar-refractivity contribution in [1.82, 2.24) is 9.97 Å². The predicted molar refractivity (Wildman–Crippen MR) is 81.8 cm³/mol. The summed E-state index contributed by atoms with van der Waals surface area (Å²) in [5.74, 6) is 0.902. The normalized spacial score (nSPS) is 10.4. The van der Waals surface area contributed by atoms with Crippen LogP contribution in [-0.4, -0.2) is 9.97 Å². The average Bonchev–Trinajstić information content (AvgIpc) is 3.00. The number of rotatable bonds is 4. The molecule has 0 bridgehead atoms. The molecule has 3 rings (SSSR count). The molecule has 0 atom stereocenters. The van der Waals surface area contributed by atoms with Crippen LogP contribution >= 0.6 is 0 Å². The molecule has 0 amide bonds. The summed E-state index contributed by atoms with van der Waals surface area (Å²) >= 11 is 0. The first-order valence-electron chi connectivity index (χ1n) is 6.55. The lowest BCUT2D eigenvalue weighted by atomic mass is 10.1. The van der Waals surface area contributed by atoms with Gasteiger partial charge in [0, 0.05) is 18.4 Å². The molecular weight excluding hydrogens is 246 g/mol. The summed E-state index contributed by atoms with van der Waals surface area (Å²) in [6.45, 7) is 4.77. The standard InChI is InChI=1S/C17H16N3/c1-14-6-5-9-16(10-14)20(17-11-18-13-19-17)12-15-7-3-2-4-8-15/h2-11,13H,1,12H2,(H,18,19). The Morgan fingerprint density at radius 2 is 1.90 bits per heavy atom. The second-order valence-electron chi connectivity index (χ2n) is 4.67. The summed E-state index contributed by atoms with van der Waals surface area (Å²) in [5, 5.41) is 0. The molecule has 3 heteroatoms. The lowest BCUT2D eigenvalue weighted by molar-refractivity contribution is 0.954. The van der Waals surface area contributed by atoms with Crippen LogP contribution in [0.3, 0.4) is 0 Å². The largest absolute Gasteiger partial charge is 0.349 e. The zero-order valence-corrected chi connectivity index (χ0v) is 11.2. The van der Waals surface area contributed by atoms with Crippen LogP contribution in [0.25, 0.3) is 0 Å². The van der Waals surface area contributed by atoms with Gasteiger partial charge in [0.05, 0.1) is 6.33 Å². The fraction of sp³-hybridized carbons (Fsp3) is 0.0588. The fourth-order valence-electron chi connectivity index (χ4n) is 2.19. The van der Waals surface area contributed by atoms with Gasteiger partial charge in [0.2, 0.25) is 0 Å². The Balaban J connectivity index is 1.97. The predicted octanol–water partition coefficient (Wildman–Crippen LogP) is 3.93. The number of aromatic nitrogens is 2. The van der Waals surface area contributed by atoms with Crippen LogP contribution in [0.2, 0.25) is 0 Å². The Hall–Kier alpha value is -2.55. The number of benzene rings is 2. The van der Waals surface area contributed by atoms with Gasteiger partial charge in [0.15, 0.2) is 5.82 Å². The number of nitrogens with zero attached hydrogens (tertiary/aromatic N) is 2. The summed E-state index contributed by atoms with van der Waals surface area (Å²) in [4.78, 5) is 9.55. The molecule has 3 aromatic rings. The molecule has 0 aliphatic rings. The molecule has 1 heterocycles. The van der Waals surface area contributed by atoms with E-state index in [2.05, 4.69) is 58.2 Å². The first kappa shape index (κ1) is 12.5. The molecule has 0 fully saturated rings. The highest BCUT2D eigenvalue weighted by atomic mass is 15.2. The maximum absolute atomic E-state index is 4.37. The summed E-state index contributed by atoms with van der Waals surface area (Å²) in [6.07, 6.45) is 3.60. The Morgan fingerprint density at radius 3 is 2.60 bits per heavy atom. The monoisotopic (exact) mass is 262 g/mol. The lowest BCUT2D eigenvalue weighted by Crippen LogP contribution is -2.16. The van der Waals surface area contributed by atoms with Crippen molar-refractivity contribution in [3.8, 4) is 0 Å². The minimum Gasteiger partial charge on any atom is -0.349 e. The van der Waals surface area contributed by atoms with Crippen LogP contribution in [0.5, 0.6) is 0 Å². The number of imidazole rings is 1. The van der Waals surface area contributed by atoms with E-state index in [1.807, 2.05) is 24.4 Å². The Labute approximate surface area is 118 Å². The Kier molecular flexibility index (Phi) is 3.50. The van der Waals surface area contributed by atoms with Crippen LogP contribution in [0.4, 0.5) is 11.5 Å². The van der Waals surface area contributed by atoms with E-state index in [1.165, 1.54) is 5.56 Å². The van der Waals surface area contributed by atoms with Gasteiger partial charge in [-0.05, 0) is 30.2 Å². The first-order valence-corrected chi connectivity index (χ1v) is 6.55. The fourth-order valence-corrected chi connectivity index (χ4v) is 2.19. The van der Waals surface area contributed by atoms with Gasteiger partial charge in [0.25, 0.3) is 0 Å². The minimum absolute atomic E-state index is 0.773. The molecular formula is C17H16N3. The first-order chi connectivity index (χ1) is 9.83. The van der Waals surface area contributed by atoms with Crippen molar-refractivity contribution in [2.24, 2.45) is 0 Å². The number of anilines is 2. The number of nitrogens with one attached hydrogen (secondary N) is 1. The summed E-state index contributed by atoms with van der Waals surface area (Å²) in [5.41, 5.74) is 3.33.